The summed E-state index contributed by atoms with van der Waals surface area (Å²) in [6, 6.07) is -0.531. The van der Waals surface area contributed by atoms with E-state index in [1.807, 2.05) is 0 Å². The summed E-state index contributed by atoms with van der Waals surface area (Å²) in [5.41, 5.74) is 5.62. The molecule has 6 heteroatoms. The first-order valence-electron chi connectivity index (χ1n) is 5.34. The SMILES string of the molecule is COC(=O)C(N)CSCC1CN(C)CCO1. The number of morpholine rings is 1. The van der Waals surface area contributed by atoms with Crippen molar-refractivity contribution in [1.82, 2.24) is 4.90 Å². The molecule has 0 aliphatic carbocycles. The maximum absolute atomic E-state index is 11.0. The molecule has 2 unspecified atom stereocenters. The first-order valence-corrected chi connectivity index (χ1v) is 6.50. The summed E-state index contributed by atoms with van der Waals surface area (Å²) in [5, 5.41) is 0. The Kier molecular flexibility index (Phi) is 6.12. The van der Waals surface area contributed by atoms with Gasteiger partial charge in [0.15, 0.2) is 0 Å². The molecule has 94 valence electrons. The summed E-state index contributed by atoms with van der Waals surface area (Å²) in [7, 11) is 3.44. The highest BCUT2D eigenvalue weighted by molar-refractivity contribution is 7.99. The van der Waals surface area contributed by atoms with Crippen LogP contribution in [0, 0.1) is 0 Å². The van der Waals surface area contributed by atoms with Crippen LogP contribution in [0.1, 0.15) is 0 Å². The van der Waals surface area contributed by atoms with Crippen LogP contribution >= 0.6 is 11.8 Å². The Labute approximate surface area is 101 Å². The van der Waals surface area contributed by atoms with E-state index in [2.05, 4.69) is 16.7 Å². The summed E-state index contributed by atoms with van der Waals surface area (Å²) in [6.45, 7) is 2.72. The minimum Gasteiger partial charge on any atom is -0.468 e. The lowest BCUT2D eigenvalue weighted by atomic mass is 10.3. The van der Waals surface area contributed by atoms with Gasteiger partial charge in [-0.05, 0) is 7.05 Å². The molecule has 1 heterocycles. The highest BCUT2D eigenvalue weighted by Crippen LogP contribution is 2.11. The van der Waals surface area contributed by atoms with Gasteiger partial charge in [-0.3, -0.25) is 4.79 Å². The van der Waals surface area contributed by atoms with Gasteiger partial charge in [-0.25, -0.2) is 0 Å². The molecule has 1 saturated heterocycles. The predicted molar refractivity (Wildman–Crippen MR) is 64.6 cm³/mol. The Balaban J connectivity index is 2.12. The smallest absolute Gasteiger partial charge is 0.323 e. The Morgan fingerprint density at radius 3 is 3.12 bits per heavy atom. The molecule has 0 aromatic rings. The van der Waals surface area contributed by atoms with Gasteiger partial charge in [0.1, 0.15) is 6.04 Å². The minimum absolute atomic E-state index is 0.244. The lowest BCUT2D eigenvalue weighted by Gasteiger charge is -2.29. The number of carbonyl (C=O) groups excluding carboxylic acids is 1. The Morgan fingerprint density at radius 2 is 2.50 bits per heavy atom. The van der Waals surface area contributed by atoms with Gasteiger partial charge in [0.2, 0.25) is 0 Å². The molecular formula is C10H20N2O3S. The molecule has 0 amide bonds. The van der Waals surface area contributed by atoms with Crippen molar-refractivity contribution in [3.63, 3.8) is 0 Å². The van der Waals surface area contributed by atoms with E-state index in [1.165, 1.54) is 7.11 Å². The van der Waals surface area contributed by atoms with Gasteiger partial charge < -0.3 is 20.1 Å². The zero-order valence-electron chi connectivity index (χ0n) is 9.85. The third kappa shape index (κ3) is 4.69. The molecule has 0 aromatic heterocycles. The van der Waals surface area contributed by atoms with Gasteiger partial charge in [0.05, 0.1) is 19.8 Å². The van der Waals surface area contributed by atoms with Gasteiger partial charge in [-0.15, -0.1) is 0 Å². The number of likely N-dealkylation sites (N-methyl/N-ethyl adjacent to an activating group) is 1. The number of thioether (sulfide) groups is 1. The van der Waals surface area contributed by atoms with Crippen molar-refractivity contribution in [3.05, 3.63) is 0 Å². The first kappa shape index (κ1) is 13.8. The van der Waals surface area contributed by atoms with Crippen LogP contribution in [-0.4, -0.2) is 68.4 Å². The second kappa shape index (κ2) is 7.11. The molecule has 0 aromatic carbocycles. The molecule has 5 nitrogen and oxygen atoms in total. The summed E-state index contributed by atoms with van der Waals surface area (Å²) in [6.07, 6.45) is 0.244. The van der Waals surface area contributed by atoms with E-state index in [9.17, 15) is 4.79 Å². The van der Waals surface area contributed by atoms with E-state index in [-0.39, 0.29) is 12.1 Å². The second-order valence-electron chi connectivity index (χ2n) is 3.92. The maximum Gasteiger partial charge on any atom is 0.323 e. The first-order chi connectivity index (χ1) is 7.63. The van der Waals surface area contributed by atoms with Crippen molar-refractivity contribution >= 4 is 17.7 Å². The Hall–Kier alpha value is -0.300. The van der Waals surface area contributed by atoms with Crippen molar-refractivity contribution in [3.8, 4) is 0 Å². The normalized spacial score (nSPS) is 24.1. The number of nitrogens with two attached hydrogens (primary N) is 1. The van der Waals surface area contributed by atoms with Crippen LogP contribution < -0.4 is 5.73 Å². The fraction of sp³-hybridized carbons (Fsp3) is 0.900. The molecule has 0 saturated carbocycles. The predicted octanol–water partition coefficient (Wildman–Crippen LogP) is -0.449. The largest absolute Gasteiger partial charge is 0.468 e. The van der Waals surface area contributed by atoms with E-state index in [0.717, 1.165) is 25.4 Å². The Morgan fingerprint density at radius 1 is 1.75 bits per heavy atom. The van der Waals surface area contributed by atoms with E-state index < -0.39 is 6.04 Å². The molecule has 0 bridgehead atoms. The highest BCUT2D eigenvalue weighted by Gasteiger charge is 2.19. The minimum atomic E-state index is -0.531. The number of nitrogens with zero attached hydrogens (tertiary/aromatic N) is 1. The average molecular weight is 248 g/mol. The van der Waals surface area contributed by atoms with Crippen molar-refractivity contribution in [2.24, 2.45) is 5.73 Å². The van der Waals surface area contributed by atoms with E-state index in [4.69, 9.17) is 10.5 Å². The van der Waals surface area contributed by atoms with E-state index in [0.29, 0.717) is 5.75 Å². The number of esters is 1. The molecule has 1 aliphatic rings. The quantitative estimate of drug-likeness (QED) is 0.665. The summed E-state index contributed by atoms with van der Waals surface area (Å²) >= 11 is 1.64. The molecule has 0 spiro atoms. The monoisotopic (exact) mass is 248 g/mol. The fourth-order valence-corrected chi connectivity index (χ4v) is 2.50. The van der Waals surface area contributed by atoms with Crippen LogP contribution in [0.5, 0.6) is 0 Å². The summed E-state index contributed by atoms with van der Waals surface area (Å²) in [5.74, 6) is 1.10. The molecule has 1 aliphatic heterocycles. The molecule has 0 radical (unpaired) electrons. The van der Waals surface area contributed by atoms with Crippen molar-refractivity contribution in [2.75, 3.05) is 45.4 Å². The average Bonchev–Trinajstić information content (AvgIpc) is 2.28. The lowest BCUT2D eigenvalue weighted by Crippen LogP contribution is -2.41. The summed E-state index contributed by atoms with van der Waals surface area (Å²) in [4.78, 5) is 13.3. The van der Waals surface area contributed by atoms with E-state index >= 15 is 0 Å². The third-order valence-corrected chi connectivity index (χ3v) is 3.65. The van der Waals surface area contributed by atoms with Gasteiger partial charge >= 0.3 is 5.97 Å². The third-order valence-electron chi connectivity index (χ3n) is 2.45. The van der Waals surface area contributed by atoms with Gasteiger partial charge in [0, 0.05) is 24.6 Å². The van der Waals surface area contributed by atoms with Crippen molar-refractivity contribution in [1.29, 1.82) is 0 Å². The lowest BCUT2D eigenvalue weighted by molar-refractivity contribution is -0.141. The molecule has 2 N–H and O–H groups in total. The topological polar surface area (TPSA) is 64.8 Å². The number of hydrogen-bond acceptors (Lipinski definition) is 6. The highest BCUT2D eigenvalue weighted by atomic mass is 32.2. The maximum atomic E-state index is 11.0. The van der Waals surface area contributed by atoms with Crippen molar-refractivity contribution in [2.45, 2.75) is 12.1 Å². The van der Waals surface area contributed by atoms with Gasteiger partial charge in [0.25, 0.3) is 0 Å². The Bertz CT molecular complexity index is 228. The zero-order chi connectivity index (χ0) is 12.0. The molecule has 2 atom stereocenters. The second-order valence-corrected chi connectivity index (χ2v) is 5.00. The van der Waals surface area contributed by atoms with Crippen LogP contribution in [0.25, 0.3) is 0 Å². The van der Waals surface area contributed by atoms with Crippen LogP contribution in [-0.2, 0) is 14.3 Å². The van der Waals surface area contributed by atoms with Crippen molar-refractivity contribution < 1.29 is 14.3 Å². The van der Waals surface area contributed by atoms with E-state index in [1.54, 1.807) is 11.8 Å². The van der Waals surface area contributed by atoms with Crippen LogP contribution in [0.3, 0.4) is 0 Å². The van der Waals surface area contributed by atoms with Crippen LogP contribution in [0.4, 0.5) is 0 Å². The van der Waals surface area contributed by atoms with Crippen LogP contribution in [0.2, 0.25) is 0 Å². The standard InChI is InChI=1S/C10H20N2O3S/c1-12-3-4-15-8(5-12)6-16-7-9(11)10(13)14-2/h8-9H,3-7,11H2,1-2H3. The number of ether oxygens (including phenoxy) is 2. The molecule has 1 rings (SSSR count). The van der Waals surface area contributed by atoms with Gasteiger partial charge in [-0.1, -0.05) is 0 Å². The fourth-order valence-electron chi connectivity index (χ4n) is 1.51. The molecule has 1 fully saturated rings. The number of methoxy groups -OCH3 is 1. The van der Waals surface area contributed by atoms with Crippen LogP contribution in [0.15, 0.2) is 0 Å². The number of carbonyl (C=O) groups is 1. The zero-order valence-corrected chi connectivity index (χ0v) is 10.7. The number of rotatable bonds is 5. The van der Waals surface area contributed by atoms with Gasteiger partial charge in [-0.2, -0.15) is 11.8 Å². The molecular weight excluding hydrogens is 228 g/mol. The molecule has 16 heavy (non-hydrogen) atoms. The summed E-state index contributed by atoms with van der Waals surface area (Å²) < 4.78 is 10.2. The number of hydrogen-bond donors (Lipinski definition) is 1.